The number of hydrogen-bond acceptors (Lipinski definition) is 4. The van der Waals surface area contributed by atoms with E-state index in [1.807, 2.05) is 0 Å². The number of sulfonamides is 1. The Hall–Kier alpha value is -1.18. The van der Waals surface area contributed by atoms with Crippen LogP contribution < -0.4 is 10.5 Å². The van der Waals surface area contributed by atoms with Gasteiger partial charge in [0.15, 0.2) is 0 Å². The number of hydrogen-bond donors (Lipinski definition) is 2. The van der Waals surface area contributed by atoms with E-state index in [4.69, 9.17) is 10.5 Å². The van der Waals surface area contributed by atoms with Crippen molar-refractivity contribution < 1.29 is 17.5 Å². The van der Waals surface area contributed by atoms with Gasteiger partial charge in [-0.05, 0) is 38.0 Å². The Morgan fingerprint density at radius 1 is 1.47 bits per heavy atom. The molecule has 3 N–H and O–H groups in total. The molecule has 19 heavy (non-hydrogen) atoms. The Morgan fingerprint density at radius 3 is 2.79 bits per heavy atom. The lowest BCUT2D eigenvalue weighted by molar-refractivity contribution is 0.0386. The molecule has 0 bridgehead atoms. The van der Waals surface area contributed by atoms with Crippen LogP contribution in [0.3, 0.4) is 0 Å². The molecule has 106 valence electrons. The van der Waals surface area contributed by atoms with E-state index in [1.54, 1.807) is 6.92 Å². The number of halogens is 1. The minimum atomic E-state index is -3.79. The molecule has 0 spiro atoms. The Bertz CT molecular complexity index is 568. The highest BCUT2D eigenvalue weighted by Gasteiger charge is 2.33. The second kappa shape index (κ2) is 5.07. The molecule has 1 fully saturated rings. The van der Waals surface area contributed by atoms with Gasteiger partial charge in [-0.3, -0.25) is 0 Å². The summed E-state index contributed by atoms with van der Waals surface area (Å²) in [4.78, 5) is -0.110. The fraction of sp³-hybridized carbons (Fsp3) is 0.500. The molecule has 0 radical (unpaired) electrons. The first-order valence-corrected chi connectivity index (χ1v) is 7.47. The normalized spacial score (nSPS) is 24.3. The number of benzene rings is 1. The van der Waals surface area contributed by atoms with E-state index in [1.165, 1.54) is 6.07 Å². The van der Waals surface area contributed by atoms with Crippen LogP contribution in [0.4, 0.5) is 10.1 Å². The molecule has 1 aromatic carbocycles. The van der Waals surface area contributed by atoms with Gasteiger partial charge in [-0.1, -0.05) is 0 Å². The number of nitrogens with two attached hydrogens (primary N) is 1. The van der Waals surface area contributed by atoms with Crippen LogP contribution in [0.25, 0.3) is 0 Å². The molecule has 1 heterocycles. The molecule has 0 saturated carbocycles. The summed E-state index contributed by atoms with van der Waals surface area (Å²) in [5.41, 5.74) is 4.81. The van der Waals surface area contributed by atoms with Crippen molar-refractivity contribution in [1.82, 2.24) is 4.72 Å². The number of nitrogens with one attached hydrogen (secondary N) is 1. The van der Waals surface area contributed by atoms with Gasteiger partial charge in [0.1, 0.15) is 10.7 Å². The zero-order valence-electron chi connectivity index (χ0n) is 10.6. The van der Waals surface area contributed by atoms with Crippen molar-refractivity contribution in [3.63, 3.8) is 0 Å². The minimum absolute atomic E-state index is 0.104. The van der Waals surface area contributed by atoms with E-state index >= 15 is 0 Å². The summed E-state index contributed by atoms with van der Waals surface area (Å²) < 4.78 is 45.4. The third-order valence-corrected chi connectivity index (χ3v) is 4.79. The van der Waals surface area contributed by atoms with Gasteiger partial charge in [-0.25, -0.2) is 17.5 Å². The lowest BCUT2D eigenvalue weighted by atomic mass is 9.97. The van der Waals surface area contributed by atoms with E-state index in [9.17, 15) is 12.8 Å². The highest BCUT2D eigenvalue weighted by Crippen LogP contribution is 2.24. The standard InChI is InChI=1S/C12H17FN2O3S/c1-12(5-2-6-18-8-12)15-19(16,17)11-4-3-9(13)7-10(11)14/h3-4,7,15H,2,5-6,8,14H2,1H3. The lowest BCUT2D eigenvalue weighted by Crippen LogP contribution is -2.51. The van der Waals surface area contributed by atoms with Crippen LogP contribution in [0.2, 0.25) is 0 Å². The van der Waals surface area contributed by atoms with Crippen LogP contribution in [-0.4, -0.2) is 27.2 Å². The van der Waals surface area contributed by atoms with E-state index in [2.05, 4.69) is 4.72 Å². The van der Waals surface area contributed by atoms with E-state index < -0.39 is 21.4 Å². The Balaban J connectivity index is 2.27. The third-order valence-electron chi connectivity index (χ3n) is 3.08. The Kier molecular flexibility index (Phi) is 3.80. The molecule has 0 aromatic heterocycles. The van der Waals surface area contributed by atoms with Gasteiger partial charge in [0.2, 0.25) is 10.0 Å². The number of rotatable bonds is 3. The average Bonchev–Trinajstić information content (AvgIpc) is 2.27. The molecule has 2 rings (SSSR count). The fourth-order valence-electron chi connectivity index (χ4n) is 2.16. The second-order valence-corrected chi connectivity index (χ2v) is 6.66. The highest BCUT2D eigenvalue weighted by molar-refractivity contribution is 7.89. The minimum Gasteiger partial charge on any atom is -0.398 e. The average molecular weight is 288 g/mol. The number of nitrogen functional groups attached to an aromatic ring is 1. The van der Waals surface area contributed by atoms with Crippen molar-refractivity contribution in [2.24, 2.45) is 0 Å². The molecule has 7 heteroatoms. The first-order valence-electron chi connectivity index (χ1n) is 5.99. The molecular formula is C12H17FN2O3S. The Morgan fingerprint density at radius 2 is 2.21 bits per heavy atom. The molecule has 5 nitrogen and oxygen atoms in total. The largest absolute Gasteiger partial charge is 0.398 e. The summed E-state index contributed by atoms with van der Waals surface area (Å²) in [5, 5.41) is 0. The van der Waals surface area contributed by atoms with Gasteiger partial charge in [0, 0.05) is 6.61 Å². The molecule has 1 unspecified atom stereocenters. The predicted octanol–water partition coefficient (Wildman–Crippen LogP) is 1.26. The van der Waals surface area contributed by atoms with Gasteiger partial charge < -0.3 is 10.5 Å². The van der Waals surface area contributed by atoms with Crippen molar-refractivity contribution in [2.75, 3.05) is 18.9 Å². The van der Waals surface area contributed by atoms with E-state index in [0.717, 1.165) is 18.6 Å². The van der Waals surface area contributed by atoms with Crippen LogP contribution in [-0.2, 0) is 14.8 Å². The quantitative estimate of drug-likeness (QED) is 0.820. The van der Waals surface area contributed by atoms with E-state index in [-0.39, 0.29) is 10.6 Å². The SMILES string of the molecule is CC1(NS(=O)(=O)c2ccc(F)cc2N)CCCOC1. The van der Waals surface area contributed by atoms with Gasteiger partial charge in [-0.2, -0.15) is 0 Å². The van der Waals surface area contributed by atoms with E-state index in [0.29, 0.717) is 19.6 Å². The smallest absolute Gasteiger partial charge is 0.243 e. The van der Waals surface area contributed by atoms with Gasteiger partial charge in [0.05, 0.1) is 17.8 Å². The fourth-order valence-corrected chi connectivity index (χ4v) is 3.69. The first-order chi connectivity index (χ1) is 8.82. The van der Waals surface area contributed by atoms with Crippen LogP contribution in [0.15, 0.2) is 23.1 Å². The second-order valence-electron chi connectivity index (χ2n) is 5.00. The number of ether oxygens (including phenoxy) is 1. The zero-order chi connectivity index (χ0) is 14.1. The molecule has 1 aliphatic heterocycles. The molecule has 1 aliphatic rings. The van der Waals surface area contributed by atoms with Crippen molar-refractivity contribution in [1.29, 1.82) is 0 Å². The summed E-state index contributed by atoms with van der Waals surface area (Å²) in [5.74, 6) is -0.566. The van der Waals surface area contributed by atoms with Crippen molar-refractivity contribution >= 4 is 15.7 Å². The molecular weight excluding hydrogens is 271 g/mol. The van der Waals surface area contributed by atoms with Crippen LogP contribution >= 0.6 is 0 Å². The summed E-state index contributed by atoms with van der Waals surface area (Å²) in [7, 11) is -3.79. The summed E-state index contributed by atoms with van der Waals surface area (Å²) in [6, 6.07) is 3.24. The van der Waals surface area contributed by atoms with Crippen molar-refractivity contribution in [3.8, 4) is 0 Å². The summed E-state index contributed by atoms with van der Waals surface area (Å²) in [6.45, 7) is 2.73. The van der Waals surface area contributed by atoms with Crippen molar-refractivity contribution in [3.05, 3.63) is 24.0 Å². The molecule has 1 saturated heterocycles. The van der Waals surface area contributed by atoms with Crippen molar-refractivity contribution in [2.45, 2.75) is 30.2 Å². The molecule has 1 atom stereocenters. The summed E-state index contributed by atoms with van der Waals surface area (Å²) >= 11 is 0. The predicted molar refractivity (Wildman–Crippen MR) is 69.6 cm³/mol. The monoisotopic (exact) mass is 288 g/mol. The molecule has 0 amide bonds. The maximum Gasteiger partial charge on any atom is 0.243 e. The summed E-state index contributed by atoms with van der Waals surface area (Å²) in [6.07, 6.45) is 1.48. The zero-order valence-corrected chi connectivity index (χ0v) is 11.5. The Labute approximate surface area is 112 Å². The van der Waals surface area contributed by atoms with Gasteiger partial charge in [0.25, 0.3) is 0 Å². The van der Waals surface area contributed by atoms with Crippen LogP contribution in [0.1, 0.15) is 19.8 Å². The maximum absolute atomic E-state index is 13.0. The van der Waals surface area contributed by atoms with Crippen LogP contribution in [0, 0.1) is 5.82 Å². The van der Waals surface area contributed by atoms with Gasteiger partial charge in [-0.15, -0.1) is 0 Å². The first kappa shape index (κ1) is 14.2. The topological polar surface area (TPSA) is 81.4 Å². The maximum atomic E-state index is 13.0. The molecule has 1 aromatic rings. The third kappa shape index (κ3) is 3.23. The highest BCUT2D eigenvalue weighted by atomic mass is 32.2. The molecule has 0 aliphatic carbocycles. The number of anilines is 1. The van der Waals surface area contributed by atoms with Gasteiger partial charge >= 0.3 is 0 Å². The lowest BCUT2D eigenvalue weighted by Gasteiger charge is -2.33. The van der Waals surface area contributed by atoms with Crippen LogP contribution in [0.5, 0.6) is 0 Å².